The van der Waals surface area contributed by atoms with E-state index in [0.29, 0.717) is 17.5 Å². The van der Waals surface area contributed by atoms with Crippen LogP contribution in [0, 0.1) is 0 Å². The second-order valence-electron chi connectivity index (χ2n) is 12.8. The van der Waals surface area contributed by atoms with E-state index in [1.54, 1.807) is 0 Å². The smallest absolute Gasteiger partial charge is 0.164 e. The molecule has 4 aromatic heterocycles. The minimum atomic E-state index is 0.586. The summed E-state index contributed by atoms with van der Waals surface area (Å²) < 4.78 is 15.4. The molecule has 0 aliphatic carbocycles. The van der Waals surface area contributed by atoms with Crippen LogP contribution in [0.1, 0.15) is 0 Å². The predicted molar refractivity (Wildman–Crippen MR) is 205 cm³/mol. The average molecular weight is 655 g/mol. The summed E-state index contributed by atoms with van der Waals surface area (Å²) in [6.45, 7) is 0. The quantitative estimate of drug-likeness (QED) is 0.189. The summed E-state index contributed by atoms with van der Waals surface area (Å²) in [5, 5.41) is 6.52. The lowest BCUT2D eigenvalue weighted by Gasteiger charge is -2.08. The number of hydrogen-bond acceptors (Lipinski definition) is 5. The van der Waals surface area contributed by atoms with Crippen molar-refractivity contribution in [3.8, 4) is 39.9 Å². The van der Waals surface area contributed by atoms with Gasteiger partial charge >= 0.3 is 0 Å². The fraction of sp³-hybridized carbons (Fsp3) is 0. The maximum absolute atomic E-state index is 6.57. The second-order valence-corrected chi connectivity index (χ2v) is 12.8. The molecule has 0 saturated carbocycles. The van der Waals surface area contributed by atoms with Crippen molar-refractivity contribution in [2.45, 2.75) is 0 Å². The summed E-state index contributed by atoms with van der Waals surface area (Å²) in [5.74, 6) is 1.83. The Labute approximate surface area is 290 Å². The molecule has 0 amide bonds. The minimum Gasteiger partial charge on any atom is -0.456 e. The van der Waals surface area contributed by atoms with E-state index in [0.717, 1.165) is 66.3 Å². The molecule has 238 valence electrons. The number of furan rings is 2. The van der Waals surface area contributed by atoms with E-state index in [1.807, 2.05) is 66.7 Å². The van der Waals surface area contributed by atoms with Crippen molar-refractivity contribution in [3.63, 3.8) is 0 Å². The van der Waals surface area contributed by atoms with E-state index in [4.69, 9.17) is 23.8 Å². The van der Waals surface area contributed by atoms with E-state index < -0.39 is 0 Å². The Morgan fingerprint density at radius 3 is 1.45 bits per heavy atom. The lowest BCUT2D eigenvalue weighted by molar-refractivity contribution is 0.664. The van der Waals surface area contributed by atoms with Crippen LogP contribution >= 0.6 is 0 Å². The fourth-order valence-electron chi connectivity index (χ4n) is 7.45. The van der Waals surface area contributed by atoms with Gasteiger partial charge in [0.1, 0.15) is 22.3 Å². The Morgan fingerprint density at radius 1 is 0.333 bits per heavy atom. The van der Waals surface area contributed by atoms with Crippen LogP contribution in [0.3, 0.4) is 0 Å². The Bertz CT molecular complexity index is 3030. The van der Waals surface area contributed by atoms with Crippen LogP contribution in [-0.2, 0) is 0 Å². The highest BCUT2D eigenvalue weighted by Crippen LogP contribution is 2.40. The topological polar surface area (TPSA) is 69.9 Å². The lowest BCUT2D eigenvalue weighted by Crippen LogP contribution is -2.00. The maximum atomic E-state index is 6.57. The van der Waals surface area contributed by atoms with Gasteiger partial charge < -0.3 is 13.4 Å². The van der Waals surface area contributed by atoms with E-state index in [-0.39, 0.29) is 0 Å². The second kappa shape index (κ2) is 10.7. The van der Waals surface area contributed by atoms with Gasteiger partial charge in [0.25, 0.3) is 0 Å². The highest BCUT2D eigenvalue weighted by Gasteiger charge is 2.18. The van der Waals surface area contributed by atoms with Crippen LogP contribution in [0.4, 0.5) is 0 Å². The number of nitrogens with zero attached hydrogens (tertiary/aromatic N) is 4. The first-order chi connectivity index (χ1) is 25.2. The largest absolute Gasteiger partial charge is 0.456 e. The van der Waals surface area contributed by atoms with Crippen molar-refractivity contribution in [1.82, 2.24) is 19.5 Å². The van der Waals surface area contributed by atoms with Crippen molar-refractivity contribution in [2.75, 3.05) is 0 Å². The van der Waals surface area contributed by atoms with Gasteiger partial charge in [-0.2, -0.15) is 0 Å². The molecule has 0 atom stereocenters. The van der Waals surface area contributed by atoms with Crippen molar-refractivity contribution in [2.24, 2.45) is 0 Å². The van der Waals surface area contributed by atoms with Crippen molar-refractivity contribution in [1.29, 1.82) is 0 Å². The highest BCUT2D eigenvalue weighted by molar-refractivity contribution is 6.16. The first-order valence-electron chi connectivity index (χ1n) is 16.9. The Kier molecular flexibility index (Phi) is 5.86. The Hall–Kier alpha value is -7.05. The molecule has 0 fully saturated rings. The van der Waals surface area contributed by atoms with E-state index in [9.17, 15) is 0 Å². The summed E-state index contributed by atoms with van der Waals surface area (Å²) in [6, 6.07) is 53.9. The van der Waals surface area contributed by atoms with Gasteiger partial charge in [0.2, 0.25) is 0 Å². The Balaban J connectivity index is 1.06. The molecule has 6 nitrogen and oxygen atoms in total. The zero-order chi connectivity index (χ0) is 33.5. The van der Waals surface area contributed by atoms with Crippen LogP contribution in [0.15, 0.2) is 167 Å². The molecule has 0 bridgehead atoms. The van der Waals surface area contributed by atoms with Crippen LogP contribution < -0.4 is 0 Å². The summed E-state index contributed by atoms with van der Waals surface area (Å²) in [4.78, 5) is 14.7. The molecule has 6 heteroatoms. The predicted octanol–water partition coefficient (Wildman–Crippen LogP) is 11.8. The zero-order valence-corrected chi connectivity index (χ0v) is 27.1. The van der Waals surface area contributed by atoms with Crippen molar-refractivity contribution < 1.29 is 8.83 Å². The van der Waals surface area contributed by atoms with Crippen molar-refractivity contribution >= 4 is 65.7 Å². The Morgan fingerprint density at radius 2 is 0.824 bits per heavy atom. The first kappa shape index (κ1) is 27.9. The normalized spacial score (nSPS) is 11.9. The van der Waals surface area contributed by atoms with Gasteiger partial charge in [0.05, 0.1) is 11.0 Å². The molecule has 0 aliphatic rings. The standard InChI is InChI=1S/C45H26N4O2/c1-3-11-27(12-4-1)43-46-44(28-13-5-2-6-14-28)48-45(47-43)29-19-21-33-35-25-42-36(26-41(35)51-40(33)23-29)34-24-30(20-22-39(34)50-42)49-37-17-9-7-15-31(37)32-16-8-10-18-38(32)49/h1-26H. The highest BCUT2D eigenvalue weighted by atomic mass is 16.3. The molecule has 0 N–H and O–H groups in total. The zero-order valence-electron chi connectivity index (χ0n) is 27.1. The SMILES string of the molecule is c1ccc(-c2nc(-c3ccccc3)nc(-c3ccc4c(c3)oc3cc5c(cc34)oc3ccc(-n4c6ccccc6c6ccccc64)cc35)n2)cc1. The number of aromatic nitrogens is 4. The molecule has 0 aliphatic heterocycles. The third kappa shape index (κ3) is 4.33. The number of fused-ring (bicyclic) bond motifs is 9. The summed E-state index contributed by atoms with van der Waals surface area (Å²) in [7, 11) is 0. The van der Waals surface area contributed by atoms with E-state index >= 15 is 0 Å². The number of hydrogen-bond donors (Lipinski definition) is 0. The number of para-hydroxylation sites is 2. The van der Waals surface area contributed by atoms with Gasteiger partial charge in [-0.05, 0) is 54.6 Å². The van der Waals surface area contributed by atoms with Gasteiger partial charge in [-0.1, -0.05) is 103 Å². The molecule has 0 unspecified atom stereocenters. The van der Waals surface area contributed by atoms with Gasteiger partial charge in [0.15, 0.2) is 17.5 Å². The van der Waals surface area contributed by atoms with Gasteiger partial charge in [-0.15, -0.1) is 0 Å². The van der Waals surface area contributed by atoms with Gasteiger partial charge in [0, 0.05) is 54.7 Å². The molecule has 0 saturated heterocycles. The average Bonchev–Trinajstić information content (AvgIpc) is 3.85. The molecule has 7 aromatic carbocycles. The van der Waals surface area contributed by atoms with E-state index in [2.05, 4.69) is 95.6 Å². The fourth-order valence-corrected chi connectivity index (χ4v) is 7.45. The molecule has 51 heavy (non-hydrogen) atoms. The van der Waals surface area contributed by atoms with Crippen LogP contribution in [0.2, 0.25) is 0 Å². The first-order valence-corrected chi connectivity index (χ1v) is 16.9. The summed E-state index contributed by atoms with van der Waals surface area (Å²) in [6.07, 6.45) is 0. The third-order valence-corrected chi connectivity index (χ3v) is 9.84. The lowest BCUT2D eigenvalue weighted by atomic mass is 10.1. The number of benzene rings is 7. The van der Waals surface area contributed by atoms with Gasteiger partial charge in [-0.25, -0.2) is 15.0 Å². The number of rotatable bonds is 4. The molecule has 11 aromatic rings. The molecule has 0 spiro atoms. The maximum Gasteiger partial charge on any atom is 0.164 e. The molecular weight excluding hydrogens is 629 g/mol. The molecule has 4 heterocycles. The summed E-state index contributed by atoms with van der Waals surface area (Å²) >= 11 is 0. The van der Waals surface area contributed by atoms with Crippen LogP contribution in [0.5, 0.6) is 0 Å². The molecular formula is C45H26N4O2. The van der Waals surface area contributed by atoms with Crippen molar-refractivity contribution in [3.05, 3.63) is 158 Å². The third-order valence-electron chi connectivity index (χ3n) is 9.84. The molecule has 11 rings (SSSR count). The van der Waals surface area contributed by atoms with Crippen LogP contribution in [0.25, 0.3) is 106 Å². The minimum absolute atomic E-state index is 0.586. The monoisotopic (exact) mass is 654 g/mol. The van der Waals surface area contributed by atoms with Crippen LogP contribution in [-0.4, -0.2) is 19.5 Å². The van der Waals surface area contributed by atoms with Gasteiger partial charge in [-0.3, -0.25) is 0 Å². The molecule has 0 radical (unpaired) electrons. The van der Waals surface area contributed by atoms with E-state index in [1.165, 1.54) is 21.8 Å². The summed E-state index contributed by atoms with van der Waals surface area (Å²) in [5.41, 5.74) is 9.35.